The number of nitrogens with one attached hydrogen (secondary N) is 1. The van der Waals surface area contributed by atoms with E-state index in [0.717, 1.165) is 6.42 Å². The van der Waals surface area contributed by atoms with Gasteiger partial charge in [0.15, 0.2) is 0 Å². The first-order valence-electron chi connectivity index (χ1n) is 7.27. The Labute approximate surface area is 118 Å². The molecule has 6 heteroatoms. The molecule has 2 amide bonds. The Morgan fingerprint density at radius 2 is 2.25 bits per heavy atom. The van der Waals surface area contributed by atoms with Gasteiger partial charge in [-0.1, -0.05) is 13.3 Å². The van der Waals surface area contributed by atoms with Crippen molar-refractivity contribution in [3.8, 4) is 0 Å². The lowest BCUT2D eigenvalue weighted by Crippen LogP contribution is -2.51. The highest BCUT2D eigenvalue weighted by Crippen LogP contribution is 2.35. The summed E-state index contributed by atoms with van der Waals surface area (Å²) in [5.74, 6) is -1.31. The molecule has 0 aliphatic carbocycles. The number of hydrogen-bond acceptors (Lipinski definition) is 3. The third kappa shape index (κ3) is 2.78. The number of amides is 2. The van der Waals surface area contributed by atoms with Crippen molar-refractivity contribution < 1.29 is 19.5 Å². The average Bonchev–Trinajstić information content (AvgIpc) is 2.85. The minimum absolute atomic E-state index is 0.0789. The van der Waals surface area contributed by atoms with Gasteiger partial charge in [-0.2, -0.15) is 0 Å². The number of aliphatic carboxylic acids is 1. The molecule has 6 nitrogen and oxygen atoms in total. The van der Waals surface area contributed by atoms with Crippen LogP contribution in [0.3, 0.4) is 0 Å². The van der Waals surface area contributed by atoms with Crippen molar-refractivity contribution in [2.75, 3.05) is 19.6 Å². The van der Waals surface area contributed by atoms with Crippen molar-refractivity contribution in [2.45, 2.75) is 39.0 Å². The summed E-state index contributed by atoms with van der Waals surface area (Å²) in [6.45, 7) is 3.22. The second kappa shape index (κ2) is 5.81. The monoisotopic (exact) mass is 282 g/mol. The van der Waals surface area contributed by atoms with Crippen LogP contribution in [0, 0.1) is 11.3 Å². The highest BCUT2D eigenvalue weighted by Gasteiger charge is 2.44. The smallest absolute Gasteiger partial charge is 0.311 e. The zero-order valence-electron chi connectivity index (χ0n) is 11.9. The topological polar surface area (TPSA) is 86.7 Å². The zero-order valence-corrected chi connectivity index (χ0v) is 11.9. The van der Waals surface area contributed by atoms with Gasteiger partial charge >= 0.3 is 5.97 Å². The number of piperidine rings is 1. The number of carbonyl (C=O) groups excluding carboxylic acids is 2. The lowest BCUT2D eigenvalue weighted by molar-refractivity contribution is -0.156. The van der Waals surface area contributed by atoms with Crippen LogP contribution in [0.25, 0.3) is 0 Å². The van der Waals surface area contributed by atoms with Gasteiger partial charge in [0.2, 0.25) is 11.8 Å². The van der Waals surface area contributed by atoms with Crippen LogP contribution in [0.5, 0.6) is 0 Å². The van der Waals surface area contributed by atoms with Gasteiger partial charge in [-0.3, -0.25) is 14.4 Å². The molecule has 0 radical (unpaired) electrons. The molecule has 2 saturated heterocycles. The predicted octanol–water partition coefficient (Wildman–Crippen LogP) is 0.616. The van der Waals surface area contributed by atoms with E-state index in [1.165, 1.54) is 0 Å². The molecular formula is C14H22N2O4. The third-order valence-corrected chi connectivity index (χ3v) is 4.40. The number of carbonyl (C=O) groups is 3. The molecule has 2 N–H and O–H groups in total. The molecule has 2 aliphatic rings. The molecule has 2 atom stereocenters. The fourth-order valence-corrected chi connectivity index (χ4v) is 3.32. The van der Waals surface area contributed by atoms with Crippen LogP contribution in [-0.2, 0) is 14.4 Å². The van der Waals surface area contributed by atoms with Crippen LogP contribution >= 0.6 is 0 Å². The van der Waals surface area contributed by atoms with Crippen molar-refractivity contribution in [3.05, 3.63) is 0 Å². The van der Waals surface area contributed by atoms with Crippen molar-refractivity contribution in [1.29, 1.82) is 0 Å². The molecule has 2 heterocycles. The van der Waals surface area contributed by atoms with Gasteiger partial charge in [-0.05, 0) is 19.3 Å². The molecule has 2 aliphatic heterocycles. The first kappa shape index (κ1) is 14.8. The van der Waals surface area contributed by atoms with Crippen molar-refractivity contribution in [1.82, 2.24) is 10.2 Å². The summed E-state index contributed by atoms with van der Waals surface area (Å²) < 4.78 is 0. The lowest BCUT2D eigenvalue weighted by atomic mass is 9.76. The summed E-state index contributed by atoms with van der Waals surface area (Å²) >= 11 is 0. The van der Waals surface area contributed by atoms with Gasteiger partial charge in [-0.25, -0.2) is 0 Å². The third-order valence-electron chi connectivity index (χ3n) is 4.40. The van der Waals surface area contributed by atoms with Crippen LogP contribution in [0.15, 0.2) is 0 Å². The maximum atomic E-state index is 12.4. The Kier molecular flexibility index (Phi) is 4.30. The standard InChI is InChI=1S/C14H22N2O4/c1-2-4-14(13(19)20)5-3-6-16(9-14)12(18)10-7-11(17)15-8-10/h10H,2-9H2,1H3,(H,15,17)(H,19,20). The van der Waals surface area contributed by atoms with E-state index in [9.17, 15) is 19.5 Å². The van der Waals surface area contributed by atoms with E-state index in [4.69, 9.17) is 0 Å². The van der Waals surface area contributed by atoms with E-state index in [2.05, 4.69) is 5.32 Å². The molecule has 0 aromatic rings. The Morgan fingerprint density at radius 3 is 2.80 bits per heavy atom. The highest BCUT2D eigenvalue weighted by atomic mass is 16.4. The minimum atomic E-state index is -0.808. The molecule has 20 heavy (non-hydrogen) atoms. The van der Waals surface area contributed by atoms with E-state index in [1.807, 2.05) is 6.92 Å². The van der Waals surface area contributed by atoms with Crippen LogP contribution in [0.1, 0.15) is 39.0 Å². The molecular weight excluding hydrogens is 260 g/mol. The fraction of sp³-hybridized carbons (Fsp3) is 0.786. The first-order valence-corrected chi connectivity index (χ1v) is 7.27. The molecule has 0 bridgehead atoms. The van der Waals surface area contributed by atoms with E-state index in [0.29, 0.717) is 32.4 Å². The molecule has 112 valence electrons. The quantitative estimate of drug-likeness (QED) is 0.791. The maximum absolute atomic E-state index is 12.4. The van der Waals surface area contributed by atoms with Crippen LogP contribution in [0.4, 0.5) is 0 Å². The summed E-state index contributed by atoms with van der Waals surface area (Å²) in [6.07, 6.45) is 2.95. The number of hydrogen-bond donors (Lipinski definition) is 2. The number of likely N-dealkylation sites (tertiary alicyclic amines) is 1. The van der Waals surface area contributed by atoms with Gasteiger partial charge in [0, 0.05) is 26.1 Å². The minimum Gasteiger partial charge on any atom is -0.481 e. The Hall–Kier alpha value is -1.59. The SMILES string of the molecule is CCCC1(C(=O)O)CCCN(C(=O)C2CNC(=O)C2)C1. The molecule has 0 aromatic heterocycles. The molecule has 2 rings (SSSR count). The predicted molar refractivity (Wildman–Crippen MR) is 71.9 cm³/mol. The summed E-state index contributed by atoms with van der Waals surface area (Å²) in [5.41, 5.74) is -0.807. The molecule has 0 saturated carbocycles. The van der Waals surface area contributed by atoms with Crippen molar-refractivity contribution >= 4 is 17.8 Å². The lowest BCUT2D eigenvalue weighted by Gasteiger charge is -2.40. The molecule has 0 aromatic carbocycles. The summed E-state index contributed by atoms with van der Waals surface area (Å²) in [7, 11) is 0. The van der Waals surface area contributed by atoms with E-state index in [1.54, 1.807) is 4.90 Å². The average molecular weight is 282 g/mol. The summed E-state index contributed by atoms with van der Waals surface area (Å²) in [5, 5.41) is 12.2. The van der Waals surface area contributed by atoms with Gasteiger partial charge in [0.05, 0.1) is 11.3 Å². The fourth-order valence-electron chi connectivity index (χ4n) is 3.32. The summed E-state index contributed by atoms with van der Waals surface area (Å²) in [6, 6.07) is 0. The van der Waals surface area contributed by atoms with Gasteiger partial charge in [-0.15, -0.1) is 0 Å². The molecule has 2 fully saturated rings. The van der Waals surface area contributed by atoms with Gasteiger partial charge in [0.25, 0.3) is 0 Å². The molecule has 0 spiro atoms. The number of carboxylic acid groups (broad SMARTS) is 1. The summed E-state index contributed by atoms with van der Waals surface area (Å²) in [4.78, 5) is 36.9. The van der Waals surface area contributed by atoms with E-state index >= 15 is 0 Å². The van der Waals surface area contributed by atoms with E-state index < -0.39 is 11.4 Å². The Morgan fingerprint density at radius 1 is 1.50 bits per heavy atom. The van der Waals surface area contributed by atoms with Crippen LogP contribution < -0.4 is 5.32 Å². The second-order valence-electron chi connectivity index (χ2n) is 5.90. The van der Waals surface area contributed by atoms with Crippen LogP contribution in [0.2, 0.25) is 0 Å². The van der Waals surface area contributed by atoms with Crippen molar-refractivity contribution in [2.24, 2.45) is 11.3 Å². The van der Waals surface area contributed by atoms with Gasteiger partial charge < -0.3 is 15.3 Å². The molecule has 2 unspecified atom stereocenters. The second-order valence-corrected chi connectivity index (χ2v) is 5.90. The van der Waals surface area contributed by atoms with Crippen molar-refractivity contribution in [3.63, 3.8) is 0 Å². The normalized spacial score (nSPS) is 30.1. The first-order chi connectivity index (χ1) is 9.48. The van der Waals surface area contributed by atoms with Gasteiger partial charge in [0.1, 0.15) is 0 Å². The number of carboxylic acids is 1. The largest absolute Gasteiger partial charge is 0.481 e. The number of nitrogens with zero attached hydrogens (tertiary/aromatic N) is 1. The maximum Gasteiger partial charge on any atom is 0.311 e. The Bertz CT molecular complexity index is 419. The zero-order chi connectivity index (χ0) is 14.8. The van der Waals surface area contributed by atoms with Crippen LogP contribution in [-0.4, -0.2) is 47.4 Å². The van der Waals surface area contributed by atoms with E-state index in [-0.39, 0.29) is 30.7 Å². The highest BCUT2D eigenvalue weighted by molar-refractivity contribution is 5.89. The Balaban J connectivity index is 2.07. The number of rotatable bonds is 4.